The zero-order chi connectivity index (χ0) is 35.7. The van der Waals surface area contributed by atoms with Gasteiger partial charge in [0.1, 0.15) is 18.3 Å². The predicted octanol–water partition coefficient (Wildman–Crippen LogP) is 6.55. The van der Waals surface area contributed by atoms with Crippen molar-refractivity contribution in [1.82, 2.24) is 38.9 Å². The molecule has 1 saturated heterocycles. The average molecular weight is 750 g/mol. The zero-order valence-corrected chi connectivity index (χ0v) is 32.0. The van der Waals surface area contributed by atoms with Gasteiger partial charge in [-0.2, -0.15) is 24.7 Å². The highest BCUT2D eigenvalue weighted by Crippen LogP contribution is 2.32. The van der Waals surface area contributed by atoms with Crippen LogP contribution in [0.4, 0.5) is 11.9 Å². The van der Waals surface area contributed by atoms with Crippen LogP contribution in [0.1, 0.15) is 11.4 Å². The summed E-state index contributed by atoms with van der Waals surface area (Å²) in [6.45, 7) is 11.4. The lowest BCUT2D eigenvalue weighted by molar-refractivity contribution is 0.0878. The third-order valence-electron chi connectivity index (χ3n) is 8.88. The minimum absolute atomic E-state index is 0.315. The number of fused-ring (bicyclic) bond motifs is 2. The van der Waals surface area contributed by atoms with Gasteiger partial charge < -0.3 is 28.6 Å². The molecule has 0 spiro atoms. The van der Waals surface area contributed by atoms with Crippen molar-refractivity contribution in [2.75, 3.05) is 49.8 Å². The molecule has 268 valence electrons. The molecular weight excluding hydrogens is 707 g/mol. The lowest BCUT2D eigenvalue weighted by Crippen LogP contribution is -2.38. The van der Waals surface area contributed by atoms with Crippen LogP contribution in [-0.4, -0.2) is 87.0 Å². The standard InChI is InChI=1S/C35H42Cl2N10O3Si/c1-43-21-25(18-38-43)27-19-39-47-33(27)41-34(44-10-12-49-13-11-44)42-35(47)45(20-24-6-8-26(48-2)9-7-24)22-32-40-30-16-28(36)29(37)17-31(30)46(32)23-50-14-15-51(3,4)5/h6-9,16-19,21H,10-15,20,22-23H2,1-5H3. The molecule has 5 heterocycles. The van der Waals surface area contributed by atoms with Crippen molar-refractivity contribution in [1.29, 1.82) is 0 Å². The fraction of sp³-hybridized carbons (Fsp3) is 0.400. The summed E-state index contributed by atoms with van der Waals surface area (Å²) in [5.41, 5.74) is 5.08. The number of morpholine rings is 1. The van der Waals surface area contributed by atoms with Crippen molar-refractivity contribution in [3.63, 3.8) is 0 Å². The van der Waals surface area contributed by atoms with Crippen LogP contribution in [0.2, 0.25) is 35.7 Å². The monoisotopic (exact) mass is 748 g/mol. The first-order chi connectivity index (χ1) is 24.6. The Morgan fingerprint density at radius 1 is 0.941 bits per heavy atom. The van der Waals surface area contributed by atoms with Gasteiger partial charge in [0, 0.05) is 58.7 Å². The number of imidazole rings is 1. The largest absolute Gasteiger partial charge is 0.497 e. The second kappa shape index (κ2) is 14.8. The van der Waals surface area contributed by atoms with Gasteiger partial charge in [0.15, 0.2) is 5.65 Å². The number of benzene rings is 2. The van der Waals surface area contributed by atoms with Gasteiger partial charge in [-0.25, -0.2) is 4.98 Å². The summed E-state index contributed by atoms with van der Waals surface area (Å²) in [7, 11) is 2.26. The van der Waals surface area contributed by atoms with Crippen molar-refractivity contribution < 1.29 is 14.2 Å². The smallest absolute Gasteiger partial charge is 0.232 e. The van der Waals surface area contributed by atoms with Crippen LogP contribution in [0.3, 0.4) is 0 Å². The third-order valence-corrected chi connectivity index (χ3v) is 11.3. The third kappa shape index (κ3) is 7.84. The fourth-order valence-corrected chi connectivity index (χ4v) is 7.09. The Bertz CT molecular complexity index is 2140. The number of hydrogen-bond acceptors (Lipinski definition) is 10. The molecule has 0 amide bonds. The zero-order valence-electron chi connectivity index (χ0n) is 29.5. The highest BCUT2D eigenvalue weighted by atomic mass is 35.5. The summed E-state index contributed by atoms with van der Waals surface area (Å²) in [6.07, 6.45) is 5.61. The first-order valence-corrected chi connectivity index (χ1v) is 21.4. The fourth-order valence-electron chi connectivity index (χ4n) is 6.01. The normalized spacial score (nSPS) is 13.8. The lowest BCUT2D eigenvalue weighted by Gasteiger charge is -2.29. The predicted molar refractivity (Wildman–Crippen MR) is 203 cm³/mol. The summed E-state index contributed by atoms with van der Waals surface area (Å²) in [6, 6.07) is 12.7. The molecule has 1 aliphatic rings. The Kier molecular flexibility index (Phi) is 10.2. The van der Waals surface area contributed by atoms with E-state index in [1.54, 1.807) is 16.3 Å². The Morgan fingerprint density at radius 2 is 1.71 bits per heavy atom. The van der Waals surface area contributed by atoms with E-state index in [1.807, 2.05) is 49.9 Å². The van der Waals surface area contributed by atoms with Crippen molar-refractivity contribution in [2.45, 2.75) is 45.5 Å². The molecular formula is C35H42Cl2N10O3Si. The van der Waals surface area contributed by atoms with Gasteiger partial charge in [0.25, 0.3) is 0 Å². The first-order valence-electron chi connectivity index (χ1n) is 16.9. The van der Waals surface area contributed by atoms with Gasteiger partial charge in [-0.1, -0.05) is 55.0 Å². The van der Waals surface area contributed by atoms with Gasteiger partial charge in [-0.3, -0.25) is 4.68 Å². The minimum atomic E-state index is -1.30. The Hall–Kier alpha value is -4.21. The van der Waals surface area contributed by atoms with Crippen LogP contribution in [0.5, 0.6) is 5.75 Å². The molecule has 13 nitrogen and oxygen atoms in total. The van der Waals surface area contributed by atoms with Crippen LogP contribution in [-0.2, 0) is 36.3 Å². The molecule has 0 saturated carbocycles. The number of rotatable bonds is 13. The molecule has 0 aliphatic carbocycles. The highest BCUT2D eigenvalue weighted by molar-refractivity contribution is 6.76. The topological polar surface area (TPSA) is 113 Å². The molecule has 0 bridgehead atoms. The summed E-state index contributed by atoms with van der Waals surface area (Å²) < 4.78 is 23.1. The second-order valence-electron chi connectivity index (χ2n) is 13.9. The number of aromatic nitrogens is 8. The maximum absolute atomic E-state index is 6.56. The molecule has 4 aromatic heterocycles. The number of methoxy groups -OCH3 is 1. The van der Waals surface area contributed by atoms with Gasteiger partial charge >= 0.3 is 0 Å². The van der Waals surface area contributed by atoms with E-state index in [2.05, 4.69) is 51.2 Å². The van der Waals surface area contributed by atoms with Crippen molar-refractivity contribution >= 4 is 59.9 Å². The van der Waals surface area contributed by atoms with E-state index >= 15 is 0 Å². The van der Waals surface area contributed by atoms with Crippen LogP contribution in [0, 0.1) is 0 Å². The van der Waals surface area contributed by atoms with E-state index in [0.717, 1.165) is 45.3 Å². The maximum Gasteiger partial charge on any atom is 0.232 e. The van der Waals surface area contributed by atoms with E-state index in [4.69, 9.17) is 57.5 Å². The highest BCUT2D eigenvalue weighted by Gasteiger charge is 2.26. The quantitative estimate of drug-likeness (QED) is 0.0953. The van der Waals surface area contributed by atoms with Crippen LogP contribution in [0.25, 0.3) is 27.8 Å². The summed E-state index contributed by atoms with van der Waals surface area (Å²) in [5.74, 6) is 2.77. The summed E-state index contributed by atoms with van der Waals surface area (Å²) in [4.78, 5) is 19.7. The van der Waals surface area contributed by atoms with Gasteiger partial charge in [0.05, 0.1) is 60.3 Å². The number of hydrogen-bond donors (Lipinski definition) is 0. The summed E-state index contributed by atoms with van der Waals surface area (Å²) >= 11 is 13.1. The van der Waals surface area contributed by atoms with Gasteiger partial charge in [-0.15, -0.1) is 0 Å². The number of halogens is 2. The van der Waals surface area contributed by atoms with Crippen molar-refractivity contribution in [3.05, 3.63) is 76.4 Å². The van der Waals surface area contributed by atoms with Gasteiger partial charge in [-0.05, 0) is 35.9 Å². The first kappa shape index (κ1) is 35.2. The molecule has 6 aromatic rings. The van der Waals surface area contributed by atoms with E-state index in [0.29, 0.717) is 80.3 Å². The molecule has 2 aromatic carbocycles. The summed E-state index contributed by atoms with van der Waals surface area (Å²) in [5, 5.41) is 10.2. The number of aryl methyl sites for hydroxylation is 1. The molecule has 0 atom stereocenters. The van der Waals surface area contributed by atoms with Crippen LogP contribution < -0.4 is 14.5 Å². The van der Waals surface area contributed by atoms with E-state index in [1.165, 1.54) is 0 Å². The lowest BCUT2D eigenvalue weighted by atomic mass is 10.2. The molecule has 16 heteroatoms. The molecule has 0 radical (unpaired) electrons. The Balaban J connectivity index is 1.36. The van der Waals surface area contributed by atoms with E-state index in [-0.39, 0.29) is 0 Å². The van der Waals surface area contributed by atoms with E-state index < -0.39 is 8.07 Å². The van der Waals surface area contributed by atoms with Crippen molar-refractivity contribution in [3.8, 4) is 16.9 Å². The van der Waals surface area contributed by atoms with Crippen molar-refractivity contribution in [2.24, 2.45) is 7.05 Å². The van der Waals surface area contributed by atoms with Gasteiger partial charge in [0.2, 0.25) is 11.9 Å². The Labute approximate surface area is 307 Å². The molecule has 7 rings (SSSR count). The number of nitrogens with zero attached hydrogens (tertiary/aromatic N) is 10. The SMILES string of the molecule is COc1ccc(CN(Cc2nc3cc(Cl)c(Cl)cc3n2COCC[Si](C)(C)C)c2nc(N3CCOCC3)nc3c(-c4cnn(C)c4)cnn23)cc1. The maximum atomic E-state index is 6.56. The molecule has 1 aliphatic heterocycles. The molecule has 0 N–H and O–H groups in total. The number of anilines is 2. The molecule has 0 unspecified atom stereocenters. The average Bonchev–Trinajstić information content (AvgIpc) is 3.83. The molecule has 51 heavy (non-hydrogen) atoms. The van der Waals surface area contributed by atoms with E-state index in [9.17, 15) is 0 Å². The van der Waals surface area contributed by atoms with Crippen LogP contribution in [0.15, 0.2) is 55.0 Å². The minimum Gasteiger partial charge on any atom is -0.497 e. The van der Waals surface area contributed by atoms with Crippen LogP contribution >= 0.6 is 23.2 Å². The number of ether oxygens (including phenoxy) is 3. The Morgan fingerprint density at radius 3 is 2.41 bits per heavy atom. The molecule has 1 fully saturated rings. The second-order valence-corrected chi connectivity index (χ2v) is 20.3.